The number of hydrogen-bond donors (Lipinski definition) is 4. The lowest BCUT2D eigenvalue weighted by molar-refractivity contribution is 0.248. The van der Waals surface area contributed by atoms with Gasteiger partial charge >= 0.3 is 0 Å². The summed E-state index contributed by atoms with van der Waals surface area (Å²) in [6.07, 6.45) is 1.41. The number of nitrogens with zero attached hydrogens (tertiary/aromatic N) is 1. The van der Waals surface area contributed by atoms with E-state index in [-0.39, 0.29) is 30.3 Å². The van der Waals surface area contributed by atoms with Gasteiger partial charge < -0.3 is 15.3 Å². The van der Waals surface area contributed by atoms with E-state index in [1.807, 2.05) is 0 Å². The van der Waals surface area contributed by atoms with E-state index in [1.54, 1.807) is 6.92 Å². The van der Waals surface area contributed by atoms with Crippen LogP contribution < -0.4 is 0 Å². The number of aryl methyl sites for hydroxylation is 1. The largest absolute Gasteiger partial charge is 0.506 e. The highest BCUT2D eigenvalue weighted by Gasteiger charge is 2.15. The minimum absolute atomic E-state index is 0. The highest BCUT2D eigenvalue weighted by Crippen LogP contribution is 2.31. The molecule has 1 atom stereocenters. The second-order valence-electron chi connectivity index (χ2n) is 2.66. The molecule has 0 saturated carbocycles. The summed E-state index contributed by atoms with van der Waals surface area (Å²) in [6, 6.07) is 0. The zero-order chi connectivity index (χ0) is 10.0. The number of aromatic hydroxyl groups is 1. The lowest BCUT2D eigenvalue weighted by Gasteiger charge is -2.12. The Balaban J connectivity index is 0.00000169. The Hall–Kier alpha value is -0.490. The van der Waals surface area contributed by atoms with Crippen molar-refractivity contribution < 1.29 is 15.3 Å². The van der Waals surface area contributed by atoms with Crippen molar-refractivity contribution in [2.24, 2.45) is 0 Å². The Morgan fingerprint density at radius 3 is 2.57 bits per heavy atom. The van der Waals surface area contributed by atoms with Gasteiger partial charge in [0.1, 0.15) is 11.2 Å². The third-order valence-corrected chi connectivity index (χ3v) is 2.04. The molecule has 0 bridgehead atoms. The molecule has 0 spiro atoms. The predicted octanol–water partition coefficient (Wildman–Crippen LogP) is 0.930. The summed E-state index contributed by atoms with van der Waals surface area (Å²) >= 11 is 3.78. The number of rotatable bonds is 2. The summed E-state index contributed by atoms with van der Waals surface area (Å²) in [5.74, 6) is -0.117. The molecule has 0 aliphatic heterocycles. The summed E-state index contributed by atoms with van der Waals surface area (Å²) in [4.78, 5) is 3.84. The topological polar surface area (TPSA) is 73.6 Å². The third-order valence-electron chi connectivity index (χ3n) is 1.79. The van der Waals surface area contributed by atoms with Crippen molar-refractivity contribution in [3.8, 4) is 5.75 Å². The van der Waals surface area contributed by atoms with Crippen LogP contribution in [-0.4, -0.2) is 20.3 Å². The van der Waals surface area contributed by atoms with Gasteiger partial charge in [0.25, 0.3) is 0 Å². The number of thiol groups is 1. The van der Waals surface area contributed by atoms with Crippen LogP contribution in [0, 0.1) is 6.92 Å². The number of aliphatic hydroxyl groups excluding tert-OH is 2. The van der Waals surface area contributed by atoms with E-state index in [0.717, 1.165) is 0 Å². The normalized spacial score (nSPS) is 12.0. The van der Waals surface area contributed by atoms with Gasteiger partial charge in [-0.2, -0.15) is 0 Å². The first-order valence-electron chi connectivity index (χ1n) is 3.72. The van der Waals surface area contributed by atoms with Crippen LogP contribution in [0.3, 0.4) is 0 Å². The van der Waals surface area contributed by atoms with E-state index in [1.165, 1.54) is 6.20 Å². The standard InChI is InChI=1S/C8H11NO3S.ClH/c1-4-7(11)6(8(12)13)5(3-10)2-9-4;/h2,8,10-13H,3H2,1H3;1H. The molecule has 1 rings (SSSR count). The zero-order valence-electron chi connectivity index (χ0n) is 7.51. The molecule has 0 aliphatic rings. The summed E-state index contributed by atoms with van der Waals surface area (Å²) in [5, 5.41) is 27.6. The number of aliphatic hydroxyl groups is 2. The quantitative estimate of drug-likeness (QED) is 0.456. The molecular weight excluding hydrogens is 226 g/mol. The van der Waals surface area contributed by atoms with E-state index >= 15 is 0 Å². The van der Waals surface area contributed by atoms with E-state index < -0.39 is 5.44 Å². The first-order chi connectivity index (χ1) is 6.07. The maximum atomic E-state index is 9.50. The van der Waals surface area contributed by atoms with Crippen molar-refractivity contribution in [2.45, 2.75) is 19.0 Å². The Kier molecular flexibility index (Phi) is 5.22. The van der Waals surface area contributed by atoms with Crippen LogP contribution >= 0.6 is 25.0 Å². The van der Waals surface area contributed by atoms with Crippen LogP contribution in [0.2, 0.25) is 0 Å². The molecular formula is C8H12ClNO3S. The molecule has 0 aliphatic carbocycles. The molecule has 3 N–H and O–H groups in total. The Morgan fingerprint density at radius 2 is 2.14 bits per heavy atom. The average molecular weight is 238 g/mol. The maximum absolute atomic E-state index is 9.50. The number of aromatic nitrogens is 1. The van der Waals surface area contributed by atoms with Gasteiger partial charge in [0.2, 0.25) is 0 Å². The van der Waals surface area contributed by atoms with Crippen LogP contribution in [0.15, 0.2) is 6.20 Å². The lowest BCUT2D eigenvalue weighted by atomic mass is 10.1. The minimum Gasteiger partial charge on any atom is -0.506 e. The van der Waals surface area contributed by atoms with Gasteiger partial charge in [-0.25, -0.2) is 0 Å². The molecule has 1 aromatic heterocycles. The smallest absolute Gasteiger partial charge is 0.143 e. The van der Waals surface area contributed by atoms with Crippen molar-refractivity contribution >= 4 is 25.0 Å². The van der Waals surface area contributed by atoms with Crippen LogP contribution in [0.1, 0.15) is 22.3 Å². The van der Waals surface area contributed by atoms with E-state index in [2.05, 4.69) is 17.6 Å². The molecule has 4 nitrogen and oxygen atoms in total. The molecule has 14 heavy (non-hydrogen) atoms. The van der Waals surface area contributed by atoms with Crippen LogP contribution in [0.4, 0.5) is 0 Å². The number of hydrogen-bond acceptors (Lipinski definition) is 5. The lowest BCUT2D eigenvalue weighted by Crippen LogP contribution is -2.00. The van der Waals surface area contributed by atoms with E-state index in [0.29, 0.717) is 11.3 Å². The van der Waals surface area contributed by atoms with Crippen molar-refractivity contribution in [3.05, 3.63) is 23.0 Å². The molecule has 0 radical (unpaired) electrons. The molecule has 1 unspecified atom stereocenters. The summed E-state index contributed by atoms with van der Waals surface area (Å²) < 4.78 is 0. The Bertz CT molecular complexity index is 320. The van der Waals surface area contributed by atoms with Crippen molar-refractivity contribution in [1.29, 1.82) is 0 Å². The Labute approximate surface area is 93.4 Å². The third kappa shape index (κ3) is 2.51. The fraction of sp³-hybridized carbons (Fsp3) is 0.375. The fourth-order valence-corrected chi connectivity index (χ4v) is 1.35. The molecule has 6 heteroatoms. The van der Waals surface area contributed by atoms with Crippen molar-refractivity contribution in [2.75, 3.05) is 0 Å². The predicted molar refractivity (Wildman–Crippen MR) is 57.8 cm³/mol. The minimum atomic E-state index is -1.11. The van der Waals surface area contributed by atoms with Gasteiger partial charge in [-0.1, -0.05) is 0 Å². The number of halogens is 1. The molecule has 0 aromatic carbocycles. The van der Waals surface area contributed by atoms with E-state index in [9.17, 15) is 10.2 Å². The zero-order valence-corrected chi connectivity index (χ0v) is 9.22. The maximum Gasteiger partial charge on any atom is 0.143 e. The molecule has 80 valence electrons. The SMILES string of the molecule is Cc1ncc(CO)c(C(O)S)c1O.Cl. The van der Waals surface area contributed by atoms with Crippen LogP contribution in [-0.2, 0) is 6.61 Å². The second kappa shape index (κ2) is 5.41. The van der Waals surface area contributed by atoms with Gasteiger partial charge in [-0.3, -0.25) is 4.98 Å². The first kappa shape index (κ1) is 13.5. The Morgan fingerprint density at radius 1 is 1.57 bits per heavy atom. The molecule has 0 saturated heterocycles. The highest BCUT2D eigenvalue weighted by molar-refractivity contribution is 7.80. The molecule has 0 fully saturated rings. The molecule has 0 amide bonds. The summed E-state index contributed by atoms with van der Waals surface area (Å²) in [7, 11) is 0. The average Bonchev–Trinajstić information content (AvgIpc) is 2.08. The summed E-state index contributed by atoms with van der Waals surface area (Å²) in [5.41, 5.74) is -0.104. The van der Waals surface area contributed by atoms with Gasteiger partial charge in [0, 0.05) is 17.3 Å². The summed E-state index contributed by atoms with van der Waals surface area (Å²) in [6.45, 7) is 1.32. The van der Waals surface area contributed by atoms with Gasteiger partial charge in [0.05, 0.1) is 12.3 Å². The number of pyridine rings is 1. The second-order valence-corrected chi connectivity index (χ2v) is 3.15. The first-order valence-corrected chi connectivity index (χ1v) is 4.24. The monoisotopic (exact) mass is 237 g/mol. The highest BCUT2D eigenvalue weighted by atomic mass is 35.5. The van der Waals surface area contributed by atoms with Crippen LogP contribution in [0.25, 0.3) is 0 Å². The van der Waals surface area contributed by atoms with Crippen molar-refractivity contribution in [1.82, 2.24) is 4.98 Å². The van der Waals surface area contributed by atoms with E-state index in [4.69, 9.17) is 5.11 Å². The van der Waals surface area contributed by atoms with Gasteiger partial charge in [0.15, 0.2) is 0 Å². The van der Waals surface area contributed by atoms with Gasteiger partial charge in [-0.05, 0) is 6.92 Å². The fourth-order valence-electron chi connectivity index (χ4n) is 1.07. The molecule has 1 heterocycles. The van der Waals surface area contributed by atoms with Crippen molar-refractivity contribution in [3.63, 3.8) is 0 Å². The van der Waals surface area contributed by atoms with Gasteiger partial charge in [-0.15, -0.1) is 25.0 Å². The van der Waals surface area contributed by atoms with Crippen LogP contribution in [0.5, 0.6) is 5.75 Å². The molecule has 1 aromatic rings.